The van der Waals surface area contributed by atoms with Crippen molar-refractivity contribution >= 4 is 11.9 Å². The highest BCUT2D eigenvalue weighted by Gasteiger charge is 2.24. The third-order valence-electron chi connectivity index (χ3n) is 3.91. The van der Waals surface area contributed by atoms with E-state index in [0.29, 0.717) is 18.6 Å². The molecule has 3 amide bonds. The molecule has 0 unspecified atom stereocenters. The average Bonchev–Trinajstić information content (AvgIpc) is 2.45. The predicted octanol–water partition coefficient (Wildman–Crippen LogP) is 0.685. The molecule has 3 N–H and O–H groups in total. The predicted molar refractivity (Wildman–Crippen MR) is 79.6 cm³/mol. The number of carbonyl (C=O) groups is 2. The van der Waals surface area contributed by atoms with Crippen molar-refractivity contribution in [3.63, 3.8) is 0 Å². The molecule has 1 fully saturated rings. The SMILES string of the molecule is CCCNC(=O)NC(=O)CN(C)C1CCC(NC)CC1. The molecule has 0 atom stereocenters. The molecule has 0 spiro atoms. The quantitative estimate of drug-likeness (QED) is 0.671. The molecule has 1 rings (SSSR count). The fourth-order valence-electron chi connectivity index (χ4n) is 2.61. The number of rotatable bonds is 6. The molecule has 0 aliphatic heterocycles. The fraction of sp³-hybridized carbons (Fsp3) is 0.857. The van der Waals surface area contributed by atoms with E-state index in [1.54, 1.807) is 0 Å². The summed E-state index contributed by atoms with van der Waals surface area (Å²) in [5.74, 6) is -0.239. The summed E-state index contributed by atoms with van der Waals surface area (Å²) in [6.07, 6.45) is 5.33. The first-order valence-corrected chi connectivity index (χ1v) is 7.52. The van der Waals surface area contributed by atoms with Crippen molar-refractivity contribution in [2.24, 2.45) is 0 Å². The van der Waals surface area contributed by atoms with Gasteiger partial charge in [-0.3, -0.25) is 15.0 Å². The van der Waals surface area contributed by atoms with Crippen LogP contribution in [-0.2, 0) is 4.79 Å². The minimum atomic E-state index is -0.399. The van der Waals surface area contributed by atoms with Gasteiger partial charge in [0.25, 0.3) is 0 Å². The van der Waals surface area contributed by atoms with E-state index in [1.165, 1.54) is 0 Å². The van der Waals surface area contributed by atoms with Crippen molar-refractivity contribution < 1.29 is 9.59 Å². The molecule has 1 saturated carbocycles. The lowest BCUT2D eigenvalue weighted by molar-refractivity contribution is -0.121. The Morgan fingerprint density at radius 3 is 2.40 bits per heavy atom. The highest BCUT2D eigenvalue weighted by molar-refractivity contribution is 5.95. The van der Waals surface area contributed by atoms with E-state index in [-0.39, 0.29) is 12.5 Å². The van der Waals surface area contributed by atoms with Crippen molar-refractivity contribution in [1.82, 2.24) is 20.9 Å². The fourth-order valence-corrected chi connectivity index (χ4v) is 2.61. The van der Waals surface area contributed by atoms with Crippen LogP contribution in [0.2, 0.25) is 0 Å². The number of imide groups is 1. The maximum Gasteiger partial charge on any atom is 0.321 e. The minimum Gasteiger partial charge on any atom is -0.338 e. The maximum absolute atomic E-state index is 11.8. The molecule has 0 aromatic heterocycles. The van der Waals surface area contributed by atoms with Crippen LogP contribution in [0.15, 0.2) is 0 Å². The van der Waals surface area contributed by atoms with Gasteiger partial charge in [0.15, 0.2) is 0 Å². The number of likely N-dealkylation sites (N-methyl/N-ethyl adjacent to an activating group) is 1. The second kappa shape index (κ2) is 8.92. The van der Waals surface area contributed by atoms with Crippen molar-refractivity contribution in [2.75, 3.05) is 27.2 Å². The van der Waals surface area contributed by atoms with Gasteiger partial charge in [-0.1, -0.05) is 6.92 Å². The molecule has 20 heavy (non-hydrogen) atoms. The molecule has 0 radical (unpaired) electrons. The van der Waals surface area contributed by atoms with Gasteiger partial charge in [0, 0.05) is 18.6 Å². The maximum atomic E-state index is 11.8. The summed E-state index contributed by atoms with van der Waals surface area (Å²) in [7, 11) is 3.95. The van der Waals surface area contributed by atoms with Gasteiger partial charge < -0.3 is 10.6 Å². The number of carbonyl (C=O) groups excluding carboxylic acids is 2. The molecule has 1 aliphatic carbocycles. The van der Waals surface area contributed by atoms with Crippen LogP contribution in [-0.4, -0.2) is 56.1 Å². The Morgan fingerprint density at radius 2 is 1.85 bits per heavy atom. The Balaban J connectivity index is 2.26. The van der Waals surface area contributed by atoms with Crippen molar-refractivity contribution in [2.45, 2.75) is 51.1 Å². The standard InChI is InChI=1S/C14H28N4O2/c1-4-9-16-14(20)17-13(19)10-18(3)12-7-5-11(15-2)6-8-12/h11-12,15H,4-10H2,1-3H3,(H2,16,17,19,20). The van der Waals surface area contributed by atoms with E-state index in [0.717, 1.165) is 32.1 Å². The van der Waals surface area contributed by atoms with Gasteiger partial charge >= 0.3 is 6.03 Å². The third kappa shape index (κ3) is 5.88. The van der Waals surface area contributed by atoms with E-state index in [1.807, 2.05) is 25.9 Å². The second-order valence-corrected chi connectivity index (χ2v) is 5.51. The van der Waals surface area contributed by atoms with Crippen molar-refractivity contribution in [1.29, 1.82) is 0 Å². The first-order chi connectivity index (χ1) is 9.56. The normalized spacial score (nSPS) is 22.6. The Bertz CT molecular complexity index is 314. The molecule has 0 saturated heterocycles. The number of nitrogens with zero attached hydrogens (tertiary/aromatic N) is 1. The lowest BCUT2D eigenvalue weighted by Crippen LogP contribution is -2.47. The van der Waals surface area contributed by atoms with Crippen LogP contribution >= 0.6 is 0 Å². The van der Waals surface area contributed by atoms with Crippen LogP contribution < -0.4 is 16.0 Å². The monoisotopic (exact) mass is 284 g/mol. The van der Waals surface area contributed by atoms with E-state index in [9.17, 15) is 9.59 Å². The van der Waals surface area contributed by atoms with Crippen LogP contribution in [0.1, 0.15) is 39.0 Å². The van der Waals surface area contributed by atoms with Crippen molar-refractivity contribution in [3.8, 4) is 0 Å². The zero-order valence-corrected chi connectivity index (χ0v) is 12.9. The number of hydrogen-bond acceptors (Lipinski definition) is 4. The van der Waals surface area contributed by atoms with Gasteiger partial charge in [-0.25, -0.2) is 4.79 Å². The summed E-state index contributed by atoms with van der Waals surface area (Å²) in [5, 5.41) is 8.29. The lowest BCUT2D eigenvalue weighted by Gasteiger charge is -2.34. The topological polar surface area (TPSA) is 73.5 Å². The first kappa shape index (κ1) is 16.9. The van der Waals surface area contributed by atoms with Gasteiger partial charge in [-0.15, -0.1) is 0 Å². The molecular formula is C14H28N4O2. The summed E-state index contributed by atoms with van der Waals surface area (Å²) in [4.78, 5) is 25.2. The molecular weight excluding hydrogens is 256 g/mol. The largest absolute Gasteiger partial charge is 0.338 e. The van der Waals surface area contributed by atoms with E-state index < -0.39 is 6.03 Å². The molecule has 0 aromatic carbocycles. The number of amides is 3. The second-order valence-electron chi connectivity index (χ2n) is 5.51. The van der Waals surface area contributed by atoms with Crippen LogP contribution in [0, 0.1) is 0 Å². The summed E-state index contributed by atoms with van der Waals surface area (Å²) in [5.41, 5.74) is 0. The molecule has 1 aliphatic rings. The summed E-state index contributed by atoms with van der Waals surface area (Å²) < 4.78 is 0. The van der Waals surface area contributed by atoms with Gasteiger partial charge in [-0.05, 0) is 46.2 Å². The number of urea groups is 1. The Morgan fingerprint density at radius 1 is 1.20 bits per heavy atom. The van der Waals surface area contributed by atoms with Crippen molar-refractivity contribution in [3.05, 3.63) is 0 Å². The van der Waals surface area contributed by atoms with Gasteiger partial charge in [0.2, 0.25) is 5.91 Å². The highest BCUT2D eigenvalue weighted by Crippen LogP contribution is 2.21. The molecule has 6 heteroatoms. The van der Waals surface area contributed by atoms with E-state index in [2.05, 4.69) is 16.0 Å². The summed E-state index contributed by atoms with van der Waals surface area (Å²) >= 11 is 0. The smallest absolute Gasteiger partial charge is 0.321 e. The van der Waals surface area contributed by atoms with Gasteiger partial charge in [0.1, 0.15) is 0 Å². The van der Waals surface area contributed by atoms with Gasteiger partial charge in [0.05, 0.1) is 6.54 Å². The third-order valence-corrected chi connectivity index (χ3v) is 3.91. The van der Waals surface area contributed by atoms with Crippen LogP contribution in [0.25, 0.3) is 0 Å². The minimum absolute atomic E-state index is 0.239. The van der Waals surface area contributed by atoms with Crippen LogP contribution in [0.5, 0.6) is 0 Å². The molecule has 116 valence electrons. The summed E-state index contributed by atoms with van der Waals surface area (Å²) in [6.45, 7) is 2.83. The molecule has 0 aromatic rings. The zero-order chi connectivity index (χ0) is 15.0. The Labute approximate surface area is 121 Å². The van der Waals surface area contributed by atoms with E-state index >= 15 is 0 Å². The average molecular weight is 284 g/mol. The number of hydrogen-bond donors (Lipinski definition) is 3. The lowest BCUT2D eigenvalue weighted by atomic mass is 9.90. The van der Waals surface area contributed by atoms with Gasteiger partial charge in [-0.2, -0.15) is 0 Å². The summed E-state index contributed by atoms with van der Waals surface area (Å²) in [6, 6.07) is 0.640. The molecule has 0 heterocycles. The van der Waals surface area contributed by atoms with Crippen LogP contribution in [0.4, 0.5) is 4.79 Å². The molecule has 6 nitrogen and oxygen atoms in total. The Kier molecular flexibility index (Phi) is 7.54. The highest BCUT2D eigenvalue weighted by atomic mass is 16.2. The first-order valence-electron chi connectivity index (χ1n) is 7.52. The zero-order valence-electron chi connectivity index (χ0n) is 12.9. The van der Waals surface area contributed by atoms with E-state index in [4.69, 9.17) is 0 Å². The Hall–Kier alpha value is -1.14. The molecule has 0 bridgehead atoms. The van der Waals surface area contributed by atoms with Crippen LogP contribution in [0.3, 0.4) is 0 Å². The number of nitrogens with one attached hydrogen (secondary N) is 3.